The lowest BCUT2D eigenvalue weighted by atomic mass is 9.99. The number of aromatic nitrogens is 1. The van der Waals surface area contributed by atoms with Gasteiger partial charge in [-0.3, -0.25) is 4.90 Å². The zero-order valence-electron chi connectivity index (χ0n) is 10.4. The van der Waals surface area contributed by atoms with Crippen molar-refractivity contribution in [2.75, 3.05) is 6.54 Å². The van der Waals surface area contributed by atoms with Gasteiger partial charge in [-0.2, -0.15) is 4.37 Å². The van der Waals surface area contributed by atoms with Gasteiger partial charge in [0.15, 0.2) is 0 Å². The molecule has 3 rings (SSSR count). The van der Waals surface area contributed by atoms with Crippen molar-refractivity contribution in [1.82, 2.24) is 9.27 Å². The standard InChI is InChI=1S/C14H14N2O2S/c17-14(18)13-12(7-15-19-13)9-16-6-5-10-3-1-2-4-11(10)8-16/h1-4,7H,5-6,8-9H2,(H,17,18). The van der Waals surface area contributed by atoms with Crippen molar-refractivity contribution >= 4 is 17.5 Å². The van der Waals surface area contributed by atoms with Gasteiger partial charge < -0.3 is 5.11 Å². The second-order valence-corrected chi connectivity index (χ2v) is 5.52. The van der Waals surface area contributed by atoms with Crippen LogP contribution in [-0.4, -0.2) is 26.9 Å². The molecule has 2 aromatic rings. The molecule has 2 heterocycles. The third kappa shape index (κ3) is 2.52. The van der Waals surface area contributed by atoms with Crippen LogP contribution < -0.4 is 0 Å². The van der Waals surface area contributed by atoms with E-state index in [0.29, 0.717) is 11.4 Å². The molecule has 0 saturated carbocycles. The summed E-state index contributed by atoms with van der Waals surface area (Å²) in [7, 11) is 0. The molecule has 1 aromatic heterocycles. The molecule has 98 valence electrons. The van der Waals surface area contributed by atoms with Crippen molar-refractivity contribution in [2.45, 2.75) is 19.5 Å². The summed E-state index contributed by atoms with van der Waals surface area (Å²) in [5, 5.41) is 9.09. The number of nitrogens with zero attached hydrogens (tertiary/aromatic N) is 2. The van der Waals surface area contributed by atoms with E-state index >= 15 is 0 Å². The third-order valence-electron chi connectivity index (χ3n) is 3.44. The number of aromatic carboxylic acids is 1. The topological polar surface area (TPSA) is 53.4 Å². The van der Waals surface area contributed by atoms with Crippen LogP contribution in [0.4, 0.5) is 0 Å². The molecule has 1 aromatic carbocycles. The number of hydrogen-bond acceptors (Lipinski definition) is 4. The minimum Gasteiger partial charge on any atom is -0.477 e. The Morgan fingerprint density at radius 2 is 2.16 bits per heavy atom. The summed E-state index contributed by atoms with van der Waals surface area (Å²) in [4.78, 5) is 13.7. The van der Waals surface area contributed by atoms with Gasteiger partial charge in [0, 0.05) is 31.4 Å². The average Bonchev–Trinajstić information content (AvgIpc) is 2.87. The summed E-state index contributed by atoms with van der Waals surface area (Å²) in [6, 6.07) is 8.43. The first-order valence-corrected chi connectivity index (χ1v) is 6.97. The van der Waals surface area contributed by atoms with E-state index < -0.39 is 5.97 Å². The Bertz CT molecular complexity index is 609. The van der Waals surface area contributed by atoms with Crippen molar-refractivity contribution in [1.29, 1.82) is 0 Å². The van der Waals surface area contributed by atoms with Crippen molar-refractivity contribution < 1.29 is 9.90 Å². The fraction of sp³-hybridized carbons (Fsp3) is 0.286. The van der Waals surface area contributed by atoms with Crippen molar-refractivity contribution in [3.05, 3.63) is 52.0 Å². The Kier molecular flexibility index (Phi) is 3.31. The summed E-state index contributed by atoms with van der Waals surface area (Å²) < 4.78 is 3.99. The van der Waals surface area contributed by atoms with Crippen LogP contribution in [0.1, 0.15) is 26.4 Å². The Hall–Kier alpha value is -1.72. The van der Waals surface area contributed by atoms with Crippen LogP contribution in [-0.2, 0) is 19.5 Å². The molecular formula is C14H14N2O2S. The fourth-order valence-corrected chi connectivity index (χ4v) is 3.08. The molecule has 0 atom stereocenters. The lowest BCUT2D eigenvalue weighted by Gasteiger charge is -2.28. The molecule has 1 N–H and O–H groups in total. The van der Waals surface area contributed by atoms with Gasteiger partial charge in [0.2, 0.25) is 0 Å². The Morgan fingerprint density at radius 1 is 1.37 bits per heavy atom. The second-order valence-electron chi connectivity index (χ2n) is 4.71. The van der Waals surface area contributed by atoms with Crippen LogP contribution in [0.25, 0.3) is 0 Å². The van der Waals surface area contributed by atoms with Gasteiger partial charge in [0.25, 0.3) is 0 Å². The molecule has 1 aliphatic rings. The minimum absolute atomic E-state index is 0.360. The smallest absolute Gasteiger partial charge is 0.347 e. The molecule has 19 heavy (non-hydrogen) atoms. The normalized spacial score (nSPS) is 15.2. The molecule has 0 fully saturated rings. The summed E-state index contributed by atoms with van der Waals surface area (Å²) in [6.45, 7) is 2.50. The van der Waals surface area contributed by atoms with E-state index in [0.717, 1.165) is 36.6 Å². The van der Waals surface area contributed by atoms with E-state index in [4.69, 9.17) is 5.11 Å². The first kappa shape index (κ1) is 12.3. The molecule has 1 aliphatic heterocycles. The van der Waals surface area contributed by atoms with E-state index in [9.17, 15) is 4.79 Å². The highest BCUT2D eigenvalue weighted by atomic mass is 32.1. The number of benzene rings is 1. The van der Waals surface area contributed by atoms with Gasteiger partial charge in [-0.15, -0.1) is 0 Å². The Morgan fingerprint density at radius 3 is 2.95 bits per heavy atom. The zero-order valence-corrected chi connectivity index (χ0v) is 11.2. The second kappa shape index (κ2) is 5.11. The molecule has 0 saturated heterocycles. The predicted molar refractivity (Wildman–Crippen MR) is 73.3 cm³/mol. The van der Waals surface area contributed by atoms with Crippen molar-refractivity contribution in [3.63, 3.8) is 0 Å². The number of carboxylic acid groups (broad SMARTS) is 1. The molecule has 0 amide bonds. The van der Waals surface area contributed by atoms with Gasteiger partial charge in [-0.05, 0) is 29.1 Å². The first-order chi connectivity index (χ1) is 9.24. The molecule has 0 aliphatic carbocycles. The van der Waals surface area contributed by atoms with Crippen LogP contribution in [0.15, 0.2) is 30.5 Å². The maximum atomic E-state index is 11.1. The quantitative estimate of drug-likeness (QED) is 0.933. The van der Waals surface area contributed by atoms with Crippen LogP contribution in [0, 0.1) is 0 Å². The Balaban J connectivity index is 1.76. The fourth-order valence-electron chi connectivity index (χ4n) is 2.48. The SMILES string of the molecule is O=C(O)c1sncc1CN1CCc2ccccc2C1. The van der Waals surface area contributed by atoms with Gasteiger partial charge in [-0.25, -0.2) is 4.79 Å². The van der Waals surface area contributed by atoms with Crippen molar-refractivity contribution in [3.8, 4) is 0 Å². The van der Waals surface area contributed by atoms with Crippen LogP contribution >= 0.6 is 11.5 Å². The molecule has 0 bridgehead atoms. The van der Waals surface area contributed by atoms with E-state index in [1.54, 1.807) is 6.20 Å². The van der Waals surface area contributed by atoms with E-state index in [2.05, 4.69) is 33.5 Å². The van der Waals surface area contributed by atoms with Gasteiger partial charge in [0.1, 0.15) is 4.88 Å². The summed E-state index contributed by atoms with van der Waals surface area (Å²) >= 11 is 1.06. The molecule has 0 spiro atoms. The van der Waals surface area contributed by atoms with Gasteiger partial charge in [-0.1, -0.05) is 24.3 Å². The van der Waals surface area contributed by atoms with E-state index in [1.807, 2.05) is 0 Å². The van der Waals surface area contributed by atoms with E-state index in [1.165, 1.54) is 11.1 Å². The first-order valence-electron chi connectivity index (χ1n) is 6.20. The summed E-state index contributed by atoms with van der Waals surface area (Å²) in [5.41, 5.74) is 3.56. The lowest BCUT2D eigenvalue weighted by Crippen LogP contribution is -2.30. The summed E-state index contributed by atoms with van der Waals surface area (Å²) in [5.74, 6) is -0.880. The zero-order chi connectivity index (χ0) is 13.2. The van der Waals surface area contributed by atoms with Crippen LogP contribution in [0.2, 0.25) is 0 Å². The van der Waals surface area contributed by atoms with Gasteiger partial charge in [0.05, 0.1) is 0 Å². The van der Waals surface area contributed by atoms with E-state index in [-0.39, 0.29) is 0 Å². The molecule has 0 unspecified atom stereocenters. The number of fused-ring (bicyclic) bond motifs is 1. The molecule has 5 heteroatoms. The predicted octanol–water partition coefficient (Wildman–Crippen LogP) is 2.40. The Labute approximate surface area is 115 Å². The average molecular weight is 274 g/mol. The molecular weight excluding hydrogens is 260 g/mol. The monoisotopic (exact) mass is 274 g/mol. The highest BCUT2D eigenvalue weighted by molar-refractivity contribution is 7.08. The van der Waals surface area contributed by atoms with Crippen molar-refractivity contribution in [2.24, 2.45) is 0 Å². The number of hydrogen-bond donors (Lipinski definition) is 1. The van der Waals surface area contributed by atoms with Gasteiger partial charge >= 0.3 is 5.97 Å². The minimum atomic E-state index is -0.880. The number of carboxylic acids is 1. The van der Waals surface area contributed by atoms with Crippen LogP contribution in [0.5, 0.6) is 0 Å². The summed E-state index contributed by atoms with van der Waals surface area (Å²) in [6.07, 6.45) is 2.70. The molecule has 0 radical (unpaired) electrons. The highest BCUT2D eigenvalue weighted by Crippen LogP contribution is 2.22. The maximum absolute atomic E-state index is 11.1. The lowest BCUT2D eigenvalue weighted by molar-refractivity contribution is 0.0700. The van der Waals surface area contributed by atoms with Crippen LogP contribution in [0.3, 0.4) is 0 Å². The number of rotatable bonds is 3. The highest BCUT2D eigenvalue weighted by Gasteiger charge is 2.19. The maximum Gasteiger partial charge on any atom is 0.347 e. The molecule has 4 nitrogen and oxygen atoms in total. The largest absolute Gasteiger partial charge is 0.477 e. The number of carbonyl (C=O) groups is 1. The third-order valence-corrected chi connectivity index (χ3v) is 4.27.